The number of benzene rings is 2. The normalized spacial score (nSPS) is 12.0. The van der Waals surface area contributed by atoms with E-state index >= 15 is 0 Å². The summed E-state index contributed by atoms with van der Waals surface area (Å²) in [7, 11) is 1.68. The predicted molar refractivity (Wildman–Crippen MR) is 114 cm³/mol. The van der Waals surface area contributed by atoms with Gasteiger partial charge in [0.05, 0.1) is 18.8 Å². The van der Waals surface area contributed by atoms with Crippen LogP contribution in [0.25, 0.3) is 10.6 Å². The van der Waals surface area contributed by atoms with Gasteiger partial charge in [0.2, 0.25) is 0 Å². The van der Waals surface area contributed by atoms with Crippen LogP contribution in [0, 0.1) is 0 Å². The summed E-state index contributed by atoms with van der Waals surface area (Å²) in [5.74, 6) is 0.860. The molecule has 0 radical (unpaired) electrons. The maximum Gasteiger partial charge on any atom is 0.123 e. The molecule has 0 fully saturated rings. The van der Waals surface area contributed by atoms with Gasteiger partial charge in [-0.15, -0.1) is 22.7 Å². The highest BCUT2D eigenvalue weighted by Gasteiger charge is 2.15. The number of hydrogen-bond acceptors (Lipinski definition) is 5. The number of methoxy groups -OCH3 is 1. The van der Waals surface area contributed by atoms with Crippen molar-refractivity contribution in [2.75, 3.05) is 7.11 Å². The SMILES string of the molecule is COc1ccc(-c2nc(CN[C@H](c3ccccc3)c3cccs3)cs2)cc1. The van der Waals surface area contributed by atoms with Gasteiger partial charge in [-0.05, 0) is 41.3 Å². The summed E-state index contributed by atoms with van der Waals surface area (Å²) in [5.41, 5.74) is 3.44. The molecule has 2 heterocycles. The molecule has 0 unspecified atom stereocenters. The van der Waals surface area contributed by atoms with Crippen LogP contribution in [0.1, 0.15) is 22.2 Å². The smallest absolute Gasteiger partial charge is 0.123 e. The van der Waals surface area contributed by atoms with Crippen molar-refractivity contribution in [2.24, 2.45) is 0 Å². The Kier molecular flexibility index (Phi) is 5.63. The van der Waals surface area contributed by atoms with Crippen molar-refractivity contribution in [3.8, 4) is 16.3 Å². The lowest BCUT2D eigenvalue weighted by molar-refractivity contribution is 0.415. The molecule has 5 heteroatoms. The van der Waals surface area contributed by atoms with Gasteiger partial charge in [0.25, 0.3) is 0 Å². The molecule has 0 aliphatic carbocycles. The van der Waals surface area contributed by atoms with E-state index in [0.29, 0.717) is 0 Å². The summed E-state index contributed by atoms with van der Waals surface area (Å²) in [4.78, 5) is 6.11. The molecule has 2 aromatic heterocycles. The molecule has 0 saturated heterocycles. The number of thiophene rings is 1. The van der Waals surface area contributed by atoms with E-state index in [4.69, 9.17) is 9.72 Å². The van der Waals surface area contributed by atoms with E-state index in [9.17, 15) is 0 Å². The highest BCUT2D eigenvalue weighted by molar-refractivity contribution is 7.13. The summed E-state index contributed by atoms with van der Waals surface area (Å²) >= 11 is 3.45. The number of nitrogens with zero attached hydrogens (tertiary/aromatic N) is 1. The van der Waals surface area contributed by atoms with E-state index in [-0.39, 0.29) is 6.04 Å². The molecule has 0 spiro atoms. The molecule has 0 aliphatic heterocycles. The molecule has 0 amide bonds. The lowest BCUT2D eigenvalue weighted by Gasteiger charge is -2.17. The molecule has 0 saturated carbocycles. The predicted octanol–water partition coefficient (Wildman–Crippen LogP) is 5.76. The van der Waals surface area contributed by atoms with Crippen LogP contribution >= 0.6 is 22.7 Å². The Hall–Kier alpha value is -2.47. The van der Waals surface area contributed by atoms with Crippen molar-refractivity contribution >= 4 is 22.7 Å². The van der Waals surface area contributed by atoms with Gasteiger partial charge in [-0.25, -0.2) is 4.98 Å². The van der Waals surface area contributed by atoms with Crippen molar-refractivity contribution < 1.29 is 4.74 Å². The number of hydrogen-bond donors (Lipinski definition) is 1. The van der Waals surface area contributed by atoms with Gasteiger partial charge in [0, 0.05) is 22.4 Å². The molecule has 1 N–H and O–H groups in total. The van der Waals surface area contributed by atoms with Crippen molar-refractivity contribution in [1.29, 1.82) is 0 Å². The number of aromatic nitrogens is 1. The third kappa shape index (κ3) is 4.27. The minimum atomic E-state index is 0.178. The molecule has 0 aliphatic rings. The van der Waals surface area contributed by atoms with E-state index in [1.807, 2.05) is 24.3 Å². The average Bonchev–Trinajstić information content (AvgIpc) is 3.42. The van der Waals surface area contributed by atoms with E-state index in [2.05, 4.69) is 58.5 Å². The lowest BCUT2D eigenvalue weighted by atomic mass is 10.1. The Morgan fingerprint density at radius 1 is 0.963 bits per heavy atom. The maximum absolute atomic E-state index is 5.23. The lowest BCUT2D eigenvalue weighted by Crippen LogP contribution is -2.21. The summed E-state index contributed by atoms with van der Waals surface area (Å²) in [5, 5.41) is 8.95. The molecule has 27 heavy (non-hydrogen) atoms. The van der Waals surface area contributed by atoms with E-state index < -0.39 is 0 Å². The molecular weight excluding hydrogens is 372 g/mol. The van der Waals surface area contributed by atoms with Crippen molar-refractivity contribution in [2.45, 2.75) is 12.6 Å². The van der Waals surface area contributed by atoms with Gasteiger partial charge in [0.15, 0.2) is 0 Å². The first-order valence-corrected chi connectivity index (χ1v) is 10.5. The Bertz CT molecular complexity index is 963. The first kappa shape index (κ1) is 17.9. The monoisotopic (exact) mass is 392 g/mol. The number of nitrogens with one attached hydrogen (secondary N) is 1. The Labute approximate surface area is 167 Å². The fraction of sp³-hybridized carbons (Fsp3) is 0.136. The van der Waals surface area contributed by atoms with Gasteiger partial charge >= 0.3 is 0 Å². The Morgan fingerprint density at radius 2 is 1.78 bits per heavy atom. The summed E-state index contributed by atoms with van der Waals surface area (Å²) in [6.45, 7) is 0.726. The second-order valence-corrected chi connectivity index (χ2v) is 7.95. The number of thiazole rings is 1. The van der Waals surface area contributed by atoms with Crippen LogP contribution in [-0.4, -0.2) is 12.1 Å². The molecule has 136 valence electrons. The zero-order valence-electron chi connectivity index (χ0n) is 15.0. The molecule has 1 atom stereocenters. The van der Waals surface area contributed by atoms with Crippen LogP contribution in [0.5, 0.6) is 5.75 Å². The average molecular weight is 393 g/mol. The Morgan fingerprint density at radius 3 is 2.48 bits per heavy atom. The molecule has 3 nitrogen and oxygen atoms in total. The van der Waals surface area contributed by atoms with Gasteiger partial charge in [-0.2, -0.15) is 0 Å². The fourth-order valence-electron chi connectivity index (χ4n) is 2.94. The highest BCUT2D eigenvalue weighted by Crippen LogP contribution is 2.28. The second-order valence-electron chi connectivity index (χ2n) is 6.11. The van der Waals surface area contributed by atoms with Crippen LogP contribution in [0.2, 0.25) is 0 Å². The zero-order chi connectivity index (χ0) is 18.5. The number of rotatable bonds is 7. The Balaban J connectivity index is 1.49. The van der Waals surface area contributed by atoms with Gasteiger partial charge in [0.1, 0.15) is 10.8 Å². The van der Waals surface area contributed by atoms with Crippen molar-refractivity contribution in [3.63, 3.8) is 0 Å². The quantitative estimate of drug-likeness (QED) is 0.434. The van der Waals surface area contributed by atoms with E-state index in [1.54, 1.807) is 29.8 Å². The standard InChI is InChI=1S/C22H20N2OS2/c1-25-19-11-9-17(10-12-19)22-24-18(15-27-22)14-23-21(20-8-5-13-26-20)16-6-3-2-4-7-16/h2-13,15,21,23H,14H2,1H3/t21-/m1/s1. The fourth-order valence-corrected chi connectivity index (χ4v) is 4.60. The minimum Gasteiger partial charge on any atom is -0.497 e. The van der Waals surface area contributed by atoms with E-state index in [1.165, 1.54) is 10.4 Å². The molecule has 0 bridgehead atoms. The third-order valence-corrected chi connectivity index (χ3v) is 6.21. The van der Waals surface area contributed by atoms with Crippen molar-refractivity contribution in [3.05, 3.63) is 93.6 Å². The van der Waals surface area contributed by atoms with Crippen LogP contribution < -0.4 is 10.1 Å². The molecule has 2 aromatic carbocycles. The first-order valence-electron chi connectivity index (χ1n) is 8.74. The van der Waals surface area contributed by atoms with Gasteiger partial charge in [-0.3, -0.25) is 5.32 Å². The van der Waals surface area contributed by atoms with Crippen LogP contribution in [-0.2, 0) is 6.54 Å². The molecule has 4 rings (SSSR count). The van der Waals surface area contributed by atoms with Crippen LogP contribution in [0.15, 0.2) is 77.5 Å². The number of ether oxygens (including phenoxy) is 1. The molecular formula is C22H20N2OS2. The molecule has 4 aromatic rings. The summed E-state index contributed by atoms with van der Waals surface area (Å²) in [6, 6.07) is 23.1. The van der Waals surface area contributed by atoms with Gasteiger partial charge < -0.3 is 4.74 Å². The topological polar surface area (TPSA) is 34.1 Å². The van der Waals surface area contributed by atoms with Crippen molar-refractivity contribution in [1.82, 2.24) is 10.3 Å². The third-order valence-electron chi connectivity index (χ3n) is 4.34. The largest absolute Gasteiger partial charge is 0.497 e. The summed E-state index contributed by atoms with van der Waals surface area (Å²) < 4.78 is 5.23. The zero-order valence-corrected chi connectivity index (χ0v) is 16.6. The second kappa shape index (κ2) is 8.48. The van der Waals surface area contributed by atoms with Crippen LogP contribution in [0.3, 0.4) is 0 Å². The van der Waals surface area contributed by atoms with E-state index in [0.717, 1.165) is 28.6 Å². The first-order chi connectivity index (χ1) is 13.3. The highest BCUT2D eigenvalue weighted by atomic mass is 32.1. The van der Waals surface area contributed by atoms with Crippen LogP contribution in [0.4, 0.5) is 0 Å². The minimum absolute atomic E-state index is 0.178. The van der Waals surface area contributed by atoms with Gasteiger partial charge in [-0.1, -0.05) is 36.4 Å². The maximum atomic E-state index is 5.23. The summed E-state index contributed by atoms with van der Waals surface area (Å²) in [6.07, 6.45) is 0.